The molecule has 0 amide bonds. The summed E-state index contributed by atoms with van der Waals surface area (Å²) in [5, 5.41) is 59.2. The van der Waals surface area contributed by atoms with Crippen LogP contribution in [-0.2, 0) is 9.47 Å². The van der Waals surface area contributed by atoms with Crippen molar-refractivity contribution in [1.29, 1.82) is 0 Å². The molecule has 10 nitrogen and oxygen atoms in total. The minimum atomic E-state index is -1.58. The molecule has 1 fully saturated rings. The minimum absolute atomic E-state index is 0.0554. The topological polar surface area (TPSA) is 166 Å². The standard InChI is InChI=1S/C19H24O10/c1-7(6-27-19-17(26)16(25)15(24)13(5-20)29-19)18-14(23)10-3-11(22)9(8(2)21)4-12(10)28-18/h3-4,13-20,22-26H,1,5-6H2,2H3/t13-,14-,15-,16+,17-,18+,19-/m0/s1. The number of ether oxygens (including phenoxy) is 3. The highest BCUT2D eigenvalue weighted by molar-refractivity contribution is 5.97. The monoisotopic (exact) mass is 412 g/mol. The van der Waals surface area contributed by atoms with E-state index in [9.17, 15) is 35.4 Å². The highest BCUT2D eigenvalue weighted by Gasteiger charge is 2.44. The third-order valence-electron chi connectivity index (χ3n) is 5.05. The largest absolute Gasteiger partial charge is 0.507 e. The van der Waals surface area contributed by atoms with Gasteiger partial charge in [-0.25, -0.2) is 0 Å². The number of carbonyl (C=O) groups is 1. The number of hydrogen-bond acceptors (Lipinski definition) is 10. The Labute approximate surface area is 166 Å². The SMILES string of the molecule is C=C(CO[C@H]1O[C@@H](CO)[C@H](O)[C@@H](O)[C@@H]1O)[C@H]1Oc2cc(C(C)=O)c(O)cc2[C@@H]1O. The molecule has 160 valence electrons. The van der Waals surface area contributed by atoms with Crippen LogP contribution in [0, 0.1) is 0 Å². The number of rotatable bonds is 6. The zero-order valence-corrected chi connectivity index (χ0v) is 15.6. The van der Waals surface area contributed by atoms with Crippen LogP contribution in [0.25, 0.3) is 0 Å². The van der Waals surface area contributed by atoms with Crippen molar-refractivity contribution in [3.8, 4) is 11.5 Å². The summed E-state index contributed by atoms with van der Waals surface area (Å²) in [4.78, 5) is 11.6. The number of phenols is 1. The molecule has 1 aromatic carbocycles. The van der Waals surface area contributed by atoms with Crippen molar-refractivity contribution in [2.75, 3.05) is 13.2 Å². The molecule has 2 aliphatic rings. The highest BCUT2D eigenvalue weighted by atomic mass is 16.7. The smallest absolute Gasteiger partial charge is 0.187 e. The fourth-order valence-corrected chi connectivity index (χ4v) is 3.35. The number of aromatic hydroxyl groups is 1. The number of fused-ring (bicyclic) bond motifs is 1. The van der Waals surface area contributed by atoms with Gasteiger partial charge in [-0.3, -0.25) is 4.79 Å². The molecule has 0 aromatic heterocycles. The first-order valence-electron chi connectivity index (χ1n) is 8.98. The Hall–Kier alpha value is -2.05. The molecule has 3 rings (SSSR count). The highest BCUT2D eigenvalue weighted by Crippen LogP contribution is 2.42. The van der Waals surface area contributed by atoms with Gasteiger partial charge >= 0.3 is 0 Å². The van der Waals surface area contributed by atoms with Gasteiger partial charge in [0.1, 0.15) is 42.0 Å². The average Bonchev–Trinajstić information content (AvgIpc) is 3.00. The Kier molecular flexibility index (Phi) is 6.24. The summed E-state index contributed by atoms with van der Waals surface area (Å²) >= 11 is 0. The summed E-state index contributed by atoms with van der Waals surface area (Å²) in [6.45, 7) is 4.25. The van der Waals surface area contributed by atoms with Crippen LogP contribution in [0.1, 0.15) is 28.9 Å². The molecule has 0 spiro atoms. The number of Topliss-reactive ketones (excluding diaryl/α,β-unsaturated/α-hetero) is 1. The molecule has 29 heavy (non-hydrogen) atoms. The van der Waals surface area contributed by atoms with E-state index in [2.05, 4.69) is 6.58 Å². The molecule has 0 bridgehead atoms. The maximum atomic E-state index is 11.6. The fourth-order valence-electron chi connectivity index (χ4n) is 3.35. The maximum Gasteiger partial charge on any atom is 0.187 e. The summed E-state index contributed by atoms with van der Waals surface area (Å²) in [7, 11) is 0. The van der Waals surface area contributed by atoms with E-state index >= 15 is 0 Å². The van der Waals surface area contributed by atoms with Crippen molar-refractivity contribution in [2.24, 2.45) is 0 Å². The number of ketones is 1. The van der Waals surface area contributed by atoms with E-state index in [0.29, 0.717) is 0 Å². The van der Waals surface area contributed by atoms with E-state index < -0.39 is 49.5 Å². The van der Waals surface area contributed by atoms with Crippen LogP contribution in [0.5, 0.6) is 11.5 Å². The molecule has 6 N–H and O–H groups in total. The average molecular weight is 412 g/mol. The molecule has 0 aliphatic carbocycles. The lowest BCUT2D eigenvalue weighted by Gasteiger charge is -2.39. The molecule has 0 radical (unpaired) electrons. The second-order valence-electron chi connectivity index (χ2n) is 7.11. The number of benzene rings is 1. The van der Waals surface area contributed by atoms with Crippen molar-refractivity contribution in [2.45, 2.75) is 49.8 Å². The van der Waals surface area contributed by atoms with E-state index in [1.54, 1.807) is 0 Å². The zero-order valence-electron chi connectivity index (χ0n) is 15.6. The summed E-state index contributed by atoms with van der Waals surface area (Å²) in [5.41, 5.74) is 0.598. The van der Waals surface area contributed by atoms with E-state index in [0.717, 1.165) is 0 Å². The molecule has 10 heteroatoms. The van der Waals surface area contributed by atoms with Crippen molar-refractivity contribution >= 4 is 5.78 Å². The Morgan fingerprint density at radius 2 is 1.86 bits per heavy atom. The van der Waals surface area contributed by atoms with Crippen LogP contribution in [0.2, 0.25) is 0 Å². The molecule has 1 saturated heterocycles. The first-order chi connectivity index (χ1) is 13.6. The second-order valence-corrected chi connectivity index (χ2v) is 7.11. The maximum absolute atomic E-state index is 11.6. The van der Waals surface area contributed by atoms with Gasteiger partial charge in [-0.15, -0.1) is 0 Å². The van der Waals surface area contributed by atoms with Crippen LogP contribution in [-0.4, -0.2) is 86.4 Å². The molecule has 2 aliphatic heterocycles. The van der Waals surface area contributed by atoms with Gasteiger partial charge in [0.2, 0.25) is 0 Å². The summed E-state index contributed by atoms with van der Waals surface area (Å²) in [6, 6.07) is 2.59. The van der Waals surface area contributed by atoms with Gasteiger partial charge in [-0.05, 0) is 24.6 Å². The van der Waals surface area contributed by atoms with Gasteiger partial charge in [0.15, 0.2) is 18.2 Å². The molecule has 1 aromatic rings. The number of phenolic OH excluding ortho intramolecular Hbond substituents is 1. The lowest BCUT2D eigenvalue weighted by Crippen LogP contribution is -2.59. The van der Waals surface area contributed by atoms with Crippen LogP contribution in [0.15, 0.2) is 24.3 Å². The van der Waals surface area contributed by atoms with E-state index in [1.165, 1.54) is 19.1 Å². The predicted molar refractivity (Wildman–Crippen MR) is 96.3 cm³/mol. The number of aliphatic hydroxyl groups is 5. The first-order valence-corrected chi connectivity index (χ1v) is 8.98. The normalized spacial score (nSPS) is 33.8. The molecular formula is C19H24O10. The van der Waals surface area contributed by atoms with Gasteiger partial charge in [-0.1, -0.05) is 6.58 Å². The molecule has 2 heterocycles. The Bertz CT molecular complexity index is 791. The second kappa shape index (κ2) is 8.36. The van der Waals surface area contributed by atoms with Crippen molar-refractivity contribution in [3.63, 3.8) is 0 Å². The van der Waals surface area contributed by atoms with Crippen LogP contribution in [0.3, 0.4) is 0 Å². The van der Waals surface area contributed by atoms with Gasteiger partial charge in [0.05, 0.1) is 18.8 Å². The number of carbonyl (C=O) groups excluding carboxylic acids is 1. The van der Waals surface area contributed by atoms with Crippen LogP contribution < -0.4 is 4.74 Å². The van der Waals surface area contributed by atoms with Gasteiger partial charge < -0.3 is 44.8 Å². The van der Waals surface area contributed by atoms with E-state index in [4.69, 9.17) is 14.2 Å². The number of aliphatic hydroxyl groups excluding tert-OH is 5. The summed E-state index contributed by atoms with van der Waals surface area (Å²) < 4.78 is 16.3. The lowest BCUT2D eigenvalue weighted by molar-refractivity contribution is -0.299. The summed E-state index contributed by atoms with van der Waals surface area (Å²) in [6.07, 6.45) is -9.24. The van der Waals surface area contributed by atoms with Crippen molar-refractivity contribution < 1.29 is 49.6 Å². The minimum Gasteiger partial charge on any atom is -0.507 e. The van der Waals surface area contributed by atoms with E-state index in [-0.39, 0.29) is 40.6 Å². The van der Waals surface area contributed by atoms with Crippen molar-refractivity contribution in [3.05, 3.63) is 35.4 Å². The molecular weight excluding hydrogens is 388 g/mol. The quantitative estimate of drug-likeness (QED) is 0.246. The Morgan fingerprint density at radius 1 is 1.17 bits per heavy atom. The third-order valence-corrected chi connectivity index (χ3v) is 5.05. The molecule has 0 saturated carbocycles. The predicted octanol–water partition coefficient (Wildman–Crippen LogP) is -1.24. The van der Waals surface area contributed by atoms with Gasteiger partial charge in [0, 0.05) is 5.56 Å². The Balaban J connectivity index is 1.66. The fraction of sp³-hybridized carbons (Fsp3) is 0.526. The third kappa shape index (κ3) is 4.01. The van der Waals surface area contributed by atoms with Gasteiger partial charge in [0.25, 0.3) is 0 Å². The van der Waals surface area contributed by atoms with Crippen molar-refractivity contribution in [1.82, 2.24) is 0 Å². The first kappa shape index (κ1) is 21.7. The molecule has 7 atom stereocenters. The Morgan fingerprint density at radius 3 is 2.48 bits per heavy atom. The summed E-state index contributed by atoms with van der Waals surface area (Å²) in [5.74, 6) is -0.418. The van der Waals surface area contributed by atoms with Gasteiger partial charge in [-0.2, -0.15) is 0 Å². The number of hydrogen-bond donors (Lipinski definition) is 6. The van der Waals surface area contributed by atoms with Crippen LogP contribution in [0.4, 0.5) is 0 Å². The van der Waals surface area contributed by atoms with Crippen LogP contribution >= 0.6 is 0 Å². The lowest BCUT2D eigenvalue weighted by atomic mass is 9.99. The van der Waals surface area contributed by atoms with E-state index in [1.807, 2.05) is 0 Å². The zero-order chi connectivity index (χ0) is 21.5. The molecule has 0 unspecified atom stereocenters.